The van der Waals surface area contributed by atoms with E-state index in [2.05, 4.69) is 15.7 Å². The van der Waals surface area contributed by atoms with Crippen LogP contribution in [0.1, 0.15) is 28.7 Å². The fourth-order valence-electron chi connectivity index (χ4n) is 3.92. The van der Waals surface area contributed by atoms with Gasteiger partial charge in [0, 0.05) is 32.1 Å². The van der Waals surface area contributed by atoms with Crippen LogP contribution in [0.5, 0.6) is 0 Å². The molecule has 0 bridgehead atoms. The number of fused-ring (bicyclic) bond motifs is 3. The molecule has 0 saturated carbocycles. The van der Waals surface area contributed by atoms with Crippen molar-refractivity contribution in [3.63, 3.8) is 0 Å². The van der Waals surface area contributed by atoms with Gasteiger partial charge in [-0.05, 0) is 19.1 Å². The van der Waals surface area contributed by atoms with Crippen LogP contribution >= 0.6 is 11.6 Å². The Morgan fingerprint density at radius 3 is 2.73 bits per heavy atom. The van der Waals surface area contributed by atoms with E-state index < -0.39 is 40.6 Å². The first-order chi connectivity index (χ1) is 15.6. The second-order valence-electron chi connectivity index (χ2n) is 7.80. The Bertz CT molecular complexity index is 1160. The molecule has 2 atom stereocenters. The number of hydrogen-bond acceptors (Lipinski definition) is 5. The zero-order valence-electron chi connectivity index (χ0n) is 18.0. The third-order valence-electron chi connectivity index (χ3n) is 5.67. The van der Waals surface area contributed by atoms with Crippen molar-refractivity contribution in [2.24, 2.45) is 0 Å². The molecule has 2 N–H and O–H groups in total. The normalized spacial score (nSPS) is 20.1. The van der Waals surface area contributed by atoms with Crippen LogP contribution in [0, 0.1) is 11.6 Å². The second-order valence-corrected chi connectivity index (χ2v) is 8.18. The number of rotatable bonds is 2. The molecular weight excluding hydrogens is 462 g/mol. The first-order valence-corrected chi connectivity index (χ1v) is 10.5. The van der Waals surface area contributed by atoms with Gasteiger partial charge in [0.2, 0.25) is 0 Å². The average molecular weight is 483 g/mol. The summed E-state index contributed by atoms with van der Waals surface area (Å²) < 4.78 is 29.1. The molecule has 10 nitrogen and oxygen atoms in total. The number of aromatic nitrogens is 2. The number of urea groups is 1. The molecule has 2 aromatic rings. The summed E-state index contributed by atoms with van der Waals surface area (Å²) in [5, 5.41) is 9.64. The predicted octanol–water partition coefficient (Wildman–Crippen LogP) is 1.93. The Balaban J connectivity index is 1.63. The fraction of sp³-hybridized carbons (Fsp3) is 0.400. The molecule has 1 aromatic carbocycles. The van der Waals surface area contributed by atoms with E-state index in [-0.39, 0.29) is 30.5 Å². The van der Waals surface area contributed by atoms with E-state index in [0.717, 1.165) is 17.2 Å². The van der Waals surface area contributed by atoms with Gasteiger partial charge in [-0.1, -0.05) is 11.6 Å². The van der Waals surface area contributed by atoms with Gasteiger partial charge < -0.3 is 15.5 Å². The molecule has 0 radical (unpaired) electrons. The molecule has 4 amide bonds. The van der Waals surface area contributed by atoms with E-state index in [1.54, 1.807) is 6.92 Å². The number of benzene rings is 1. The van der Waals surface area contributed by atoms with Crippen LogP contribution in [0.3, 0.4) is 0 Å². The first-order valence-electron chi connectivity index (χ1n) is 10.1. The summed E-state index contributed by atoms with van der Waals surface area (Å²) in [6.07, 6.45) is -0.632. The van der Waals surface area contributed by atoms with Crippen molar-refractivity contribution in [3.05, 3.63) is 45.7 Å². The van der Waals surface area contributed by atoms with Crippen LogP contribution < -0.4 is 10.6 Å². The van der Waals surface area contributed by atoms with E-state index in [0.29, 0.717) is 17.7 Å². The van der Waals surface area contributed by atoms with Gasteiger partial charge in [0.25, 0.3) is 11.8 Å². The highest BCUT2D eigenvalue weighted by Gasteiger charge is 2.39. The van der Waals surface area contributed by atoms with Gasteiger partial charge in [-0.2, -0.15) is 5.10 Å². The Hall–Kier alpha value is -3.25. The van der Waals surface area contributed by atoms with Crippen LogP contribution in [-0.2, 0) is 29.1 Å². The Kier molecular flexibility index (Phi) is 5.97. The lowest BCUT2D eigenvalue weighted by molar-refractivity contribution is -0.168. The predicted molar refractivity (Wildman–Crippen MR) is 112 cm³/mol. The number of amides is 4. The number of likely N-dealkylation sites (N-methyl/N-ethyl adjacent to an activating group) is 1. The van der Waals surface area contributed by atoms with E-state index in [1.165, 1.54) is 23.7 Å². The summed E-state index contributed by atoms with van der Waals surface area (Å²) >= 11 is 5.59. The molecule has 2 aliphatic rings. The standard InChI is InChI=1S/C20H21ClF2N6O4/c1-9-6-13-10(7-28(9)20(32)25-12-5-4-11(22)15(21)16(12)23)17-19(31)27(3)33-14(18(30)24-2)8-29(17)26-13/h4-5,9,14H,6-8H2,1-3H3,(H,24,30)(H,25,32). The Labute approximate surface area is 192 Å². The summed E-state index contributed by atoms with van der Waals surface area (Å²) in [5.41, 5.74) is 1.08. The third kappa shape index (κ3) is 4.00. The van der Waals surface area contributed by atoms with Crippen molar-refractivity contribution in [1.29, 1.82) is 0 Å². The second kappa shape index (κ2) is 8.60. The lowest BCUT2D eigenvalue weighted by Crippen LogP contribution is -2.45. The number of halogens is 3. The number of hydroxylamine groups is 2. The molecule has 0 aliphatic carbocycles. The zero-order valence-corrected chi connectivity index (χ0v) is 18.7. The lowest BCUT2D eigenvalue weighted by atomic mass is 9.99. The topological polar surface area (TPSA) is 109 Å². The molecule has 1 aromatic heterocycles. The molecule has 4 rings (SSSR count). The molecule has 0 spiro atoms. The van der Waals surface area contributed by atoms with Crippen molar-refractivity contribution in [3.8, 4) is 0 Å². The SMILES string of the molecule is CNC(=O)C1Cn2nc3c(c2C(=O)N(C)O1)CN(C(=O)Nc1ccc(F)c(Cl)c1F)C(C)C3. The minimum absolute atomic E-state index is 0.0119. The highest BCUT2D eigenvalue weighted by atomic mass is 35.5. The van der Waals surface area contributed by atoms with Crippen LogP contribution in [0.25, 0.3) is 0 Å². The molecule has 2 unspecified atom stereocenters. The van der Waals surface area contributed by atoms with Crippen molar-refractivity contribution in [2.75, 3.05) is 19.4 Å². The number of carbonyl (C=O) groups is 3. The number of anilines is 1. The molecular formula is C20H21ClF2N6O4. The van der Waals surface area contributed by atoms with E-state index in [1.807, 2.05) is 0 Å². The number of nitrogens with zero attached hydrogens (tertiary/aromatic N) is 4. The summed E-state index contributed by atoms with van der Waals surface area (Å²) in [6.45, 7) is 1.81. The minimum atomic E-state index is -1.08. The number of carbonyl (C=O) groups excluding carboxylic acids is 3. The highest BCUT2D eigenvalue weighted by molar-refractivity contribution is 6.31. The number of hydrogen-bond donors (Lipinski definition) is 2. The largest absolute Gasteiger partial charge is 0.357 e. The van der Waals surface area contributed by atoms with Gasteiger partial charge >= 0.3 is 6.03 Å². The summed E-state index contributed by atoms with van der Waals surface area (Å²) in [5.74, 6) is -2.94. The van der Waals surface area contributed by atoms with Gasteiger partial charge in [0.05, 0.1) is 24.5 Å². The molecule has 13 heteroatoms. The van der Waals surface area contributed by atoms with Crippen molar-refractivity contribution >= 4 is 35.1 Å². The van der Waals surface area contributed by atoms with Crippen molar-refractivity contribution < 1.29 is 28.0 Å². The van der Waals surface area contributed by atoms with Crippen LogP contribution in [-0.4, -0.2) is 63.8 Å². The first kappa shape index (κ1) is 22.9. The average Bonchev–Trinajstić information content (AvgIpc) is 3.07. The summed E-state index contributed by atoms with van der Waals surface area (Å²) in [6, 6.07) is 1.04. The summed E-state index contributed by atoms with van der Waals surface area (Å²) in [4.78, 5) is 44.9. The van der Waals surface area contributed by atoms with Gasteiger partial charge in [-0.25, -0.2) is 18.6 Å². The zero-order chi connectivity index (χ0) is 24.0. The molecule has 0 saturated heterocycles. The quantitative estimate of drug-likeness (QED) is 0.636. The van der Waals surface area contributed by atoms with Gasteiger partial charge in [-0.3, -0.25) is 19.1 Å². The fourth-order valence-corrected chi connectivity index (χ4v) is 4.08. The molecule has 176 valence electrons. The van der Waals surface area contributed by atoms with Crippen LogP contribution in [0.15, 0.2) is 12.1 Å². The smallest absolute Gasteiger partial charge is 0.322 e. The molecule has 33 heavy (non-hydrogen) atoms. The maximum Gasteiger partial charge on any atom is 0.322 e. The van der Waals surface area contributed by atoms with Crippen molar-refractivity contribution in [1.82, 2.24) is 25.1 Å². The van der Waals surface area contributed by atoms with Crippen LogP contribution in [0.4, 0.5) is 19.3 Å². The lowest BCUT2D eigenvalue weighted by Gasteiger charge is -2.33. The Morgan fingerprint density at radius 2 is 2.03 bits per heavy atom. The van der Waals surface area contributed by atoms with E-state index in [4.69, 9.17) is 16.4 Å². The van der Waals surface area contributed by atoms with Crippen LogP contribution in [0.2, 0.25) is 5.02 Å². The summed E-state index contributed by atoms with van der Waals surface area (Å²) in [7, 11) is 2.85. The maximum absolute atomic E-state index is 14.3. The van der Waals surface area contributed by atoms with E-state index >= 15 is 0 Å². The maximum atomic E-state index is 14.3. The molecule has 3 heterocycles. The van der Waals surface area contributed by atoms with E-state index in [9.17, 15) is 23.2 Å². The van der Waals surface area contributed by atoms with Gasteiger partial charge in [0.1, 0.15) is 16.5 Å². The van der Waals surface area contributed by atoms with Gasteiger partial charge in [-0.15, -0.1) is 0 Å². The molecule has 2 aliphatic heterocycles. The monoisotopic (exact) mass is 482 g/mol. The van der Waals surface area contributed by atoms with Crippen molar-refractivity contribution in [2.45, 2.75) is 38.6 Å². The minimum Gasteiger partial charge on any atom is -0.357 e. The molecule has 0 fully saturated rings. The number of nitrogens with one attached hydrogen (secondary N) is 2. The third-order valence-corrected chi connectivity index (χ3v) is 6.02. The highest BCUT2D eigenvalue weighted by Crippen LogP contribution is 2.30. The van der Waals surface area contributed by atoms with Gasteiger partial charge in [0.15, 0.2) is 11.9 Å². The Morgan fingerprint density at radius 1 is 1.30 bits per heavy atom.